The normalized spacial score (nSPS) is 16.8. The summed E-state index contributed by atoms with van der Waals surface area (Å²) in [4.78, 5) is 22.7. The number of rotatable bonds is 6. The molecule has 1 amide bonds. The van der Waals surface area contributed by atoms with E-state index in [1.165, 1.54) is 29.8 Å². The van der Waals surface area contributed by atoms with Crippen molar-refractivity contribution in [2.45, 2.75) is 25.4 Å². The summed E-state index contributed by atoms with van der Waals surface area (Å²) in [5, 5.41) is 13.6. The first-order chi connectivity index (χ1) is 14.9. The predicted molar refractivity (Wildman–Crippen MR) is 120 cm³/mol. The van der Waals surface area contributed by atoms with Gasteiger partial charge in [0.25, 0.3) is 11.6 Å². The lowest BCUT2D eigenvalue weighted by atomic mass is 9.93. The Labute approximate surface area is 180 Å². The molecular weight excluding hydrogens is 392 g/mol. The van der Waals surface area contributed by atoms with Crippen LogP contribution in [-0.2, 0) is 6.42 Å². The van der Waals surface area contributed by atoms with Gasteiger partial charge >= 0.3 is 0 Å². The lowest BCUT2D eigenvalue weighted by Gasteiger charge is -2.32. The smallest absolute Gasteiger partial charge is 0.269 e. The summed E-state index contributed by atoms with van der Waals surface area (Å²) < 4.78 is 6.26. The lowest BCUT2D eigenvalue weighted by molar-refractivity contribution is -0.384. The first kappa shape index (κ1) is 20.3. The van der Waals surface area contributed by atoms with Crippen LogP contribution in [0.25, 0.3) is 6.08 Å². The molecule has 3 aromatic carbocycles. The fraction of sp³-hybridized carbons (Fsp3) is 0.160. The maximum Gasteiger partial charge on any atom is 0.269 e. The Balaban J connectivity index is 1.42. The van der Waals surface area contributed by atoms with Crippen LogP contribution in [0.3, 0.4) is 0 Å². The van der Waals surface area contributed by atoms with Gasteiger partial charge in [0.2, 0.25) is 0 Å². The summed E-state index contributed by atoms with van der Waals surface area (Å²) in [7, 11) is 0. The minimum Gasteiger partial charge on any atom is -0.483 e. The van der Waals surface area contributed by atoms with Gasteiger partial charge in [-0.3, -0.25) is 14.9 Å². The number of nitrogens with one attached hydrogen (secondary N) is 1. The van der Waals surface area contributed by atoms with Crippen molar-refractivity contribution in [1.29, 1.82) is 0 Å². The Hall–Kier alpha value is -3.93. The summed E-state index contributed by atoms with van der Waals surface area (Å²) in [6.45, 7) is 2.07. The second-order valence-corrected chi connectivity index (χ2v) is 7.74. The number of hydrogen-bond donors (Lipinski definition) is 1. The van der Waals surface area contributed by atoms with E-state index < -0.39 is 10.5 Å². The molecule has 0 saturated carbocycles. The molecule has 6 heteroatoms. The minimum atomic E-state index is -0.495. The number of nitro groups is 1. The molecule has 4 rings (SSSR count). The van der Waals surface area contributed by atoms with Gasteiger partial charge in [-0.05, 0) is 61.7 Å². The van der Waals surface area contributed by atoms with Crippen molar-refractivity contribution in [3.8, 4) is 5.75 Å². The molecule has 0 saturated heterocycles. The number of nitro benzene ring substituents is 1. The highest BCUT2D eigenvalue weighted by Gasteiger charge is 2.27. The van der Waals surface area contributed by atoms with E-state index in [1.807, 2.05) is 36.4 Å². The number of non-ortho nitro benzene ring substituents is 1. The molecule has 1 heterocycles. The number of benzene rings is 3. The van der Waals surface area contributed by atoms with Crippen molar-refractivity contribution in [1.82, 2.24) is 0 Å². The number of carbonyl (C=O) groups excluding carboxylic acids is 1. The number of aryl methyl sites for hydroxylation is 1. The van der Waals surface area contributed by atoms with Gasteiger partial charge in [-0.25, -0.2) is 0 Å². The van der Waals surface area contributed by atoms with Crippen molar-refractivity contribution in [2.75, 3.05) is 5.32 Å². The molecule has 0 aliphatic carbocycles. The van der Waals surface area contributed by atoms with Gasteiger partial charge in [0.1, 0.15) is 11.4 Å². The molecule has 0 fully saturated rings. The zero-order valence-corrected chi connectivity index (χ0v) is 17.1. The fourth-order valence-electron chi connectivity index (χ4n) is 3.51. The van der Waals surface area contributed by atoms with Crippen molar-refractivity contribution >= 4 is 23.4 Å². The van der Waals surface area contributed by atoms with E-state index in [9.17, 15) is 14.9 Å². The Morgan fingerprint density at radius 3 is 2.52 bits per heavy atom. The standard InChI is InChI=1S/C25H22N2O4/c1-25(15-13-18-5-3-2-4-6-18)16-14-20-17-21(9-12-23(20)31-25)26-24(28)19-7-10-22(11-8-19)27(29)30/h2-12,14,16-17H,13,15H2,1H3,(H,26,28). The highest BCUT2D eigenvalue weighted by Crippen LogP contribution is 2.35. The van der Waals surface area contributed by atoms with Crippen LogP contribution in [0.4, 0.5) is 11.4 Å². The molecule has 1 aliphatic rings. The SMILES string of the molecule is CC1(CCc2ccccc2)C=Cc2cc(NC(=O)c3ccc([N+](=O)[O-])cc3)ccc2O1. The van der Waals surface area contributed by atoms with Gasteiger partial charge in [0, 0.05) is 28.9 Å². The molecular formula is C25H22N2O4. The van der Waals surface area contributed by atoms with Crippen LogP contribution >= 0.6 is 0 Å². The van der Waals surface area contributed by atoms with Crippen LogP contribution in [-0.4, -0.2) is 16.4 Å². The number of carbonyl (C=O) groups is 1. The van der Waals surface area contributed by atoms with Gasteiger partial charge < -0.3 is 10.1 Å². The second-order valence-electron chi connectivity index (χ2n) is 7.74. The summed E-state index contributed by atoms with van der Waals surface area (Å²) in [6.07, 6.45) is 5.84. The molecule has 3 aromatic rings. The quantitative estimate of drug-likeness (QED) is 0.418. The monoisotopic (exact) mass is 414 g/mol. The summed E-state index contributed by atoms with van der Waals surface area (Å²) in [5.41, 5.74) is 2.69. The van der Waals surface area contributed by atoms with Gasteiger partial charge in [-0.15, -0.1) is 0 Å². The third-order valence-electron chi connectivity index (χ3n) is 5.32. The molecule has 1 unspecified atom stereocenters. The van der Waals surface area contributed by atoms with Crippen LogP contribution in [0.1, 0.15) is 34.8 Å². The number of anilines is 1. The summed E-state index contributed by atoms with van der Waals surface area (Å²) in [5.74, 6) is 0.439. The molecule has 1 N–H and O–H groups in total. The van der Waals surface area contributed by atoms with E-state index in [-0.39, 0.29) is 11.6 Å². The lowest BCUT2D eigenvalue weighted by Crippen LogP contribution is -2.32. The summed E-state index contributed by atoms with van der Waals surface area (Å²) >= 11 is 0. The van der Waals surface area contributed by atoms with Crippen LogP contribution in [0.15, 0.2) is 78.9 Å². The largest absolute Gasteiger partial charge is 0.483 e. The van der Waals surface area contributed by atoms with Crippen molar-refractivity contribution in [3.63, 3.8) is 0 Å². The van der Waals surface area contributed by atoms with Crippen molar-refractivity contribution < 1.29 is 14.5 Å². The predicted octanol–water partition coefficient (Wildman–Crippen LogP) is 5.64. The average molecular weight is 414 g/mol. The Morgan fingerprint density at radius 2 is 1.81 bits per heavy atom. The van der Waals surface area contributed by atoms with E-state index >= 15 is 0 Å². The maximum absolute atomic E-state index is 12.5. The molecule has 31 heavy (non-hydrogen) atoms. The van der Waals surface area contributed by atoms with E-state index in [4.69, 9.17) is 4.74 Å². The van der Waals surface area contributed by atoms with Crippen LogP contribution < -0.4 is 10.1 Å². The van der Waals surface area contributed by atoms with Crippen molar-refractivity contribution in [2.24, 2.45) is 0 Å². The molecule has 1 atom stereocenters. The van der Waals surface area contributed by atoms with E-state index in [0.717, 1.165) is 24.2 Å². The van der Waals surface area contributed by atoms with Crippen LogP contribution in [0, 0.1) is 10.1 Å². The zero-order chi connectivity index (χ0) is 21.8. The Kier molecular flexibility index (Phi) is 5.54. The van der Waals surface area contributed by atoms with E-state index in [1.54, 1.807) is 6.07 Å². The Bertz CT molecular complexity index is 1140. The molecule has 0 aromatic heterocycles. The number of amides is 1. The Morgan fingerprint density at radius 1 is 1.06 bits per heavy atom. The van der Waals surface area contributed by atoms with E-state index in [2.05, 4.69) is 30.4 Å². The fourth-order valence-corrected chi connectivity index (χ4v) is 3.51. The third-order valence-corrected chi connectivity index (χ3v) is 5.32. The number of hydrogen-bond acceptors (Lipinski definition) is 4. The third kappa shape index (κ3) is 4.80. The highest BCUT2D eigenvalue weighted by molar-refractivity contribution is 6.04. The number of nitrogens with zero attached hydrogens (tertiary/aromatic N) is 1. The molecule has 0 radical (unpaired) electrons. The van der Waals surface area contributed by atoms with Gasteiger partial charge in [-0.1, -0.05) is 36.4 Å². The van der Waals surface area contributed by atoms with Crippen LogP contribution in [0.5, 0.6) is 5.75 Å². The number of fused-ring (bicyclic) bond motifs is 1. The average Bonchev–Trinajstić information content (AvgIpc) is 2.79. The molecule has 0 bridgehead atoms. The summed E-state index contributed by atoms with van der Waals surface area (Å²) in [6, 6.07) is 21.3. The maximum atomic E-state index is 12.5. The highest BCUT2D eigenvalue weighted by atomic mass is 16.6. The molecule has 0 spiro atoms. The molecule has 156 valence electrons. The zero-order valence-electron chi connectivity index (χ0n) is 17.1. The van der Waals surface area contributed by atoms with Crippen LogP contribution in [0.2, 0.25) is 0 Å². The molecule has 1 aliphatic heterocycles. The topological polar surface area (TPSA) is 81.5 Å². The first-order valence-corrected chi connectivity index (χ1v) is 10.0. The van der Waals surface area contributed by atoms with Gasteiger partial charge in [0.05, 0.1) is 4.92 Å². The van der Waals surface area contributed by atoms with Gasteiger partial charge in [-0.2, -0.15) is 0 Å². The second kappa shape index (κ2) is 8.44. The first-order valence-electron chi connectivity index (χ1n) is 10.0. The molecule has 6 nitrogen and oxygen atoms in total. The minimum absolute atomic E-state index is 0.0528. The van der Waals surface area contributed by atoms with Crippen molar-refractivity contribution in [3.05, 3.63) is 106 Å². The number of ether oxygens (including phenoxy) is 1. The van der Waals surface area contributed by atoms with E-state index in [0.29, 0.717) is 11.3 Å². The van der Waals surface area contributed by atoms with Gasteiger partial charge in [0.15, 0.2) is 0 Å².